The van der Waals surface area contributed by atoms with Crippen molar-refractivity contribution < 1.29 is 19.4 Å². The molecule has 0 saturated carbocycles. The molecular formula is C20H30ClNO4. The van der Waals surface area contributed by atoms with Crippen molar-refractivity contribution in [3.8, 4) is 5.75 Å². The van der Waals surface area contributed by atoms with Gasteiger partial charge in [0.2, 0.25) is 0 Å². The van der Waals surface area contributed by atoms with E-state index in [9.17, 15) is 9.90 Å². The molecule has 1 aromatic carbocycles. The quantitative estimate of drug-likeness (QED) is 0.733. The van der Waals surface area contributed by atoms with Gasteiger partial charge in [0.1, 0.15) is 18.0 Å². The van der Waals surface area contributed by atoms with Crippen molar-refractivity contribution in [3.63, 3.8) is 0 Å². The van der Waals surface area contributed by atoms with E-state index in [1.165, 1.54) is 0 Å². The van der Waals surface area contributed by atoms with Crippen LogP contribution in [0.4, 0.5) is 0 Å². The molecule has 3 heterocycles. The number of ether oxygens (including phenoxy) is 2. The maximum Gasteiger partial charge on any atom is 0.338 e. The van der Waals surface area contributed by atoms with E-state index in [-0.39, 0.29) is 18.4 Å². The molecular weight excluding hydrogens is 354 g/mol. The van der Waals surface area contributed by atoms with E-state index in [2.05, 4.69) is 11.8 Å². The van der Waals surface area contributed by atoms with Crippen LogP contribution in [-0.2, 0) is 11.2 Å². The Balaban J connectivity index is 0.00000243. The number of rotatable bonds is 7. The smallest absolute Gasteiger partial charge is 0.338 e. The minimum Gasteiger partial charge on any atom is -0.490 e. The number of hydrogen-bond donors (Lipinski definition) is 1. The number of carbonyl (C=O) groups is 1. The molecule has 6 heteroatoms. The van der Waals surface area contributed by atoms with Crippen molar-refractivity contribution in [1.29, 1.82) is 0 Å². The van der Waals surface area contributed by atoms with Crippen molar-refractivity contribution in [2.75, 3.05) is 32.8 Å². The highest BCUT2D eigenvalue weighted by Crippen LogP contribution is 2.36. The summed E-state index contributed by atoms with van der Waals surface area (Å²) in [5.41, 5.74) is 0.789. The lowest BCUT2D eigenvalue weighted by Crippen LogP contribution is -2.61. The minimum atomic E-state index is -0.764. The first-order valence-corrected chi connectivity index (χ1v) is 9.43. The number of benzene rings is 1. The number of fused-ring (bicyclic) bond motifs is 3. The van der Waals surface area contributed by atoms with Crippen LogP contribution in [0.3, 0.4) is 0 Å². The second-order valence-corrected chi connectivity index (χ2v) is 7.24. The van der Waals surface area contributed by atoms with Gasteiger partial charge in [-0.2, -0.15) is 0 Å². The first-order chi connectivity index (χ1) is 12.1. The average Bonchev–Trinajstić information content (AvgIpc) is 2.62. The van der Waals surface area contributed by atoms with Gasteiger partial charge in [0.05, 0.1) is 12.2 Å². The fourth-order valence-corrected chi connectivity index (χ4v) is 4.04. The number of aryl methyl sites for hydroxylation is 1. The number of halogens is 1. The van der Waals surface area contributed by atoms with Crippen LogP contribution in [0.5, 0.6) is 5.75 Å². The van der Waals surface area contributed by atoms with E-state index in [1.807, 2.05) is 12.1 Å². The van der Waals surface area contributed by atoms with Gasteiger partial charge in [0, 0.05) is 6.54 Å². The molecule has 2 bridgehead atoms. The number of esters is 1. The largest absolute Gasteiger partial charge is 0.490 e. The number of piperidine rings is 3. The summed E-state index contributed by atoms with van der Waals surface area (Å²) in [7, 11) is 0. The highest BCUT2D eigenvalue weighted by atomic mass is 35.5. The normalized spacial score (nSPS) is 26.9. The third-order valence-electron chi connectivity index (χ3n) is 5.41. The maximum atomic E-state index is 11.9. The molecule has 5 nitrogen and oxygen atoms in total. The van der Waals surface area contributed by atoms with E-state index >= 15 is 0 Å². The van der Waals surface area contributed by atoms with Crippen LogP contribution in [0.1, 0.15) is 49.0 Å². The van der Waals surface area contributed by atoms with Crippen LogP contribution in [0.15, 0.2) is 18.2 Å². The summed E-state index contributed by atoms with van der Waals surface area (Å²) in [4.78, 5) is 14.3. The lowest BCUT2D eigenvalue weighted by atomic mass is 9.76. The summed E-state index contributed by atoms with van der Waals surface area (Å²) in [6, 6.07) is 5.44. The monoisotopic (exact) mass is 383 g/mol. The molecule has 0 aromatic heterocycles. The highest BCUT2D eigenvalue weighted by Gasteiger charge is 2.46. The summed E-state index contributed by atoms with van der Waals surface area (Å²) < 4.78 is 11.1. The molecule has 0 radical (unpaired) electrons. The molecule has 0 aliphatic carbocycles. The molecule has 3 saturated heterocycles. The molecule has 0 spiro atoms. The summed E-state index contributed by atoms with van der Waals surface area (Å²) in [6.45, 7) is 7.44. The molecule has 1 atom stereocenters. The molecule has 1 unspecified atom stereocenters. The molecule has 1 aromatic rings. The van der Waals surface area contributed by atoms with Crippen LogP contribution in [0.2, 0.25) is 0 Å². The third-order valence-corrected chi connectivity index (χ3v) is 5.41. The summed E-state index contributed by atoms with van der Waals surface area (Å²) in [5, 5.41) is 11.0. The van der Waals surface area contributed by atoms with Gasteiger partial charge >= 0.3 is 5.97 Å². The highest BCUT2D eigenvalue weighted by molar-refractivity contribution is 5.89. The first kappa shape index (κ1) is 21.0. The zero-order valence-corrected chi connectivity index (χ0v) is 16.5. The third kappa shape index (κ3) is 4.51. The average molecular weight is 384 g/mol. The van der Waals surface area contributed by atoms with Gasteiger partial charge in [-0.1, -0.05) is 13.3 Å². The lowest BCUT2D eigenvalue weighted by Gasteiger charge is -2.50. The molecule has 3 aliphatic rings. The van der Waals surface area contributed by atoms with E-state index in [0.717, 1.165) is 50.1 Å². The Morgan fingerprint density at radius 1 is 1.31 bits per heavy atom. The number of aliphatic hydroxyl groups is 1. The lowest BCUT2D eigenvalue weighted by molar-refractivity contribution is -0.131. The molecule has 3 fully saturated rings. The van der Waals surface area contributed by atoms with Crippen LogP contribution in [-0.4, -0.2) is 54.4 Å². The SMILES string of the molecule is CCCc1cc(C(=O)OCC)ccc1OCC1(O)CN2CCC1CC2.Cl. The van der Waals surface area contributed by atoms with E-state index in [1.54, 1.807) is 13.0 Å². The zero-order valence-electron chi connectivity index (χ0n) is 15.7. The molecule has 1 N–H and O–H groups in total. The van der Waals surface area contributed by atoms with Crippen molar-refractivity contribution >= 4 is 18.4 Å². The Kier molecular flexibility index (Phi) is 7.33. The first-order valence-electron chi connectivity index (χ1n) is 9.43. The van der Waals surface area contributed by atoms with Gasteiger partial charge in [-0.25, -0.2) is 4.79 Å². The second-order valence-electron chi connectivity index (χ2n) is 7.24. The summed E-state index contributed by atoms with van der Waals surface area (Å²) in [6.07, 6.45) is 3.88. The van der Waals surface area contributed by atoms with E-state index < -0.39 is 5.60 Å². The van der Waals surface area contributed by atoms with E-state index in [0.29, 0.717) is 31.2 Å². The van der Waals surface area contributed by atoms with Crippen molar-refractivity contribution in [1.82, 2.24) is 4.90 Å². The molecule has 26 heavy (non-hydrogen) atoms. The van der Waals surface area contributed by atoms with E-state index in [4.69, 9.17) is 9.47 Å². The molecule has 146 valence electrons. The van der Waals surface area contributed by atoms with Crippen LogP contribution >= 0.6 is 12.4 Å². The van der Waals surface area contributed by atoms with Gasteiger partial charge in [-0.15, -0.1) is 12.4 Å². The number of hydrogen-bond acceptors (Lipinski definition) is 5. The van der Waals surface area contributed by atoms with Gasteiger partial charge < -0.3 is 19.5 Å². The van der Waals surface area contributed by atoms with Crippen LogP contribution in [0.25, 0.3) is 0 Å². The van der Waals surface area contributed by atoms with Crippen LogP contribution < -0.4 is 4.74 Å². The molecule has 3 aliphatic heterocycles. The second kappa shape index (κ2) is 9.07. The Labute approximate surface area is 162 Å². The van der Waals surface area contributed by atoms with Crippen molar-refractivity contribution in [2.24, 2.45) is 5.92 Å². The predicted octanol–water partition coefficient (Wildman–Crippen LogP) is 3.07. The number of carbonyl (C=O) groups excluding carboxylic acids is 1. The Bertz CT molecular complexity index is 616. The molecule has 0 amide bonds. The van der Waals surface area contributed by atoms with Crippen molar-refractivity contribution in [2.45, 2.75) is 45.1 Å². The summed E-state index contributed by atoms with van der Waals surface area (Å²) >= 11 is 0. The summed E-state index contributed by atoms with van der Waals surface area (Å²) in [5.74, 6) is 0.785. The molecule has 4 rings (SSSR count). The Hall–Kier alpha value is -1.30. The minimum absolute atomic E-state index is 0. The topological polar surface area (TPSA) is 59.0 Å². The van der Waals surface area contributed by atoms with Crippen LogP contribution in [0, 0.1) is 5.92 Å². The predicted molar refractivity (Wildman–Crippen MR) is 103 cm³/mol. The standard InChI is InChI=1S/C20H29NO4.ClH/c1-3-5-15-12-16(19(22)24-4-2)6-7-18(15)25-14-20(23)13-21-10-8-17(20)9-11-21;/h6-7,12,17,23H,3-5,8-11,13-14H2,1-2H3;1H. The van der Waals surface area contributed by atoms with Crippen molar-refractivity contribution in [3.05, 3.63) is 29.3 Å². The number of nitrogens with zero attached hydrogens (tertiary/aromatic N) is 1. The fraction of sp³-hybridized carbons (Fsp3) is 0.650. The Morgan fingerprint density at radius 2 is 2.04 bits per heavy atom. The van der Waals surface area contributed by atoms with Gasteiger partial charge in [0.15, 0.2) is 0 Å². The van der Waals surface area contributed by atoms with Gasteiger partial charge in [-0.3, -0.25) is 0 Å². The maximum absolute atomic E-state index is 11.9. The Morgan fingerprint density at radius 3 is 2.62 bits per heavy atom. The fourth-order valence-electron chi connectivity index (χ4n) is 4.04. The van der Waals surface area contributed by atoms with Gasteiger partial charge in [0.25, 0.3) is 0 Å². The zero-order chi connectivity index (χ0) is 17.9. The van der Waals surface area contributed by atoms with Gasteiger partial charge in [-0.05, 0) is 69.0 Å².